The van der Waals surface area contributed by atoms with Crippen LogP contribution < -0.4 is 9.64 Å². The molecule has 4 aliphatic rings. The van der Waals surface area contributed by atoms with E-state index in [1.54, 1.807) is 11.0 Å². The fourth-order valence-corrected chi connectivity index (χ4v) is 8.11. The number of likely N-dealkylation sites (N-methyl/N-ethyl adjacent to an activating group) is 1. The Morgan fingerprint density at radius 2 is 2.02 bits per heavy atom. The lowest BCUT2D eigenvalue weighted by molar-refractivity contribution is -0.128. The van der Waals surface area contributed by atoms with Crippen molar-refractivity contribution in [3.05, 3.63) is 71.3 Å². The molecule has 3 aromatic rings. The van der Waals surface area contributed by atoms with Gasteiger partial charge in [0.2, 0.25) is 12.5 Å². The van der Waals surface area contributed by atoms with Gasteiger partial charge >= 0.3 is 6.01 Å². The zero-order valence-electron chi connectivity index (χ0n) is 25.3. The van der Waals surface area contributed by atoms with Crippen molar-refractivity contribution in [1.82, 2.24) is 19.8 Å². The van der Waals surface area contributed by atoms with Gasteiger partial charge < -0.3 is 24.3 Å². The van der Waals surface area contributed by atoms with Gasteiger partial charge in [-0.2, -0.15) is 9.97 Å². The summed E-state index contributed by atoms with van der Waals surface area (Å²) in [4.78, 5) is 31.9. The van der Waals surface area contributed by atoms with E-state index in [1.807, 2.05) is 11.0 Å². The lowest BCUT2D eigenvalue weighted by atomic mass is 9.89. The predicted octanol–water partition coefficient (Wildman–Crippen LogP) is 5.47. The van der Waals surface area contributed by atoms with Crippen molar-refractivity contribution in [1.29, 1.82) is 0 Å². The molecule has 7 rings (SSSR count). The van der Waals surface area contributed by atoms with Crippen LogP contribution in [0, 0.1) is 18.3 Å². The minimum absolute atomic E-state index is 0.163. The van der Waals surface area contributed by atoms with Crippen molar-refractivity contribution < 1.29 is 13.9 Å². The molecule has 8 nitrogen and oxygen atoms in total. The maximum Gasteiger partial charge on any atom is 0.319 e. The van der Waals surface area contributed by atoms with Crippen molar-refractivity contribution in [3.8, 4) is 17.1 Å². The van der Waals surface area contributed by atoms with Crippen LogP contribution in [0.15, 0.2) is 43.0 Å². The molecule has 0 radical (unpaired) electrons. The average Bonchev–Trinajstić information content (AvgIpc) is 3.75. The lowest BCUT2D eigenvalue weighted by Crippen LogP contribution is -2.56. The third-order valence-electron chi connectivity index (χ3n) is 10.4. The van der Waals surface area contributed by atoms with Crippen LogP contribution in [0.3, 0.4) is 0 Å². The SMILES string of the molecule is [C-]#[N+]C[C@H]1CN(c2nc(OC[C@@H]3CCCN3C)nc3cc(-c4cccc5c4C4CCCC4C5)c(F)cc23)CCN1C(=O)C=C. The first-order chi connectivity index (χ1) is 21.4. The van der Waals surface area contributed by atoms with Crippen molar-refractivity contribution in [2.24, 2.45) is 5.92 Å². The van der Waals surface area contributed by atoms with E-state index in [4.69, 9.17) is 21.3 Å². The number of hydrogen-bond donors (Lipinski definition) is 0. The van der Waals surface area contributed by atoms with Gasteiger partial charge in [-0.05, 0) is 92.4 Å². The van der Waals surface area contributed by atoms with Crippen LogP contribution >= 0.6 is 0 Å². The Kier molecular flexibility index (Phi) is 7.71. The summed E-state index contributed by atoms with van der Waals surface area (Å²) >= 11 is 0. The molecule has 3 fully saturated rings. The number of amides is 1. The monoisotopic (exact) mass is 594 g/mol. The molecule has 228 valence electrons. The molecule has 2 unspecified atom stereocenters. The van der Waals surface area contributed by atoms with Crippen LogP contribution in [0.25, 0.3) is 26.9 Å². The summed E-state index contributed by atoms with van der Waals surface area (Å²) in [6.07, 6.45) is 8.21. The quantitative estimate of drug-likeness (QED) is 0.267. The van der Waals surface area contributed by atoms with E-state index in [0.717, 1.165) is 37.8 Å². The van der Waals surface area contributed by atoms with E-state index < -0.39 is 0 Å². The van der Waals surface area contributed by atoms with Gasteiger partial charge in [-0.15, -0.1) is 0 Å². The maximum atomic E-state index is 16.3. The number of hydrogen-bond acceptors (Lipinski definition) is 6. The van der Waals surface area contributed by atoms with Gasteiger partial charge in [0, 0.05) is 36.6 Å². The highest BCUT2D eigenvalue weighted by Gasteiger charge is 2.38. The van der Waals surface area contributed by atoms with E-state index in [9.17, 15) is 4.79 Å². The second-order valence-electron chi connectivity index (χ2n) is 12.8. The summed E-state index contributed by atoms with van der Waals surface area (Å²) in [5.74, 6) is 1.24. The fourth-order valence-electron chi connectivity index (χ4n) is 8.11. The number of benzene rings is 2. The van der Waals surface area contributed by atoms with Gasteiger partial charge in [-0.1, -0.05) is 31.2 Å². The van der Waals surface area contributed by atoms with Crippen LogP contribution in [0.4, 0.5) is 10.2 Å². The average molecular weight is 595 g/mol. The molecular weight excluding hydrogens is 555 g/mol. The number of carbonyl (C=O) groups is 1. The van der Waals surface area contributed by atoms with E-state index in [2.05, 4.69) is 41.6 Å². The van der Waals surface area contributed by atoms with Crippen LogP contribution in [0.5, 0.6) is 6.01 Å². The highest BCUT2D eigenvalue weighted by atomic mass is 19.1. The van der Waals surface area contributed by atoms with Crippen LogP contribution in [0.1, 0.15) is 49.1 Å². The zero-order chi connectivity index (χ0) is 30.4. The van der Waals surface area contributed by atoms with Gasteiger partial charge in [0.1, 0.15) is 24.3 Å². The summed E-state index contributed by atoms with van der Waals surface area (Å²) in [6.45, 7) is 14.1. The normalized spacial score (nSPS) is 24.8. The van der Waals surface area contributed by atoms with Crippen molar-refractivity contribution in [2.75, 3.05) is 51.3 Å². The number of rotatable bonds is 7. The zero-order valence-corrected chi connectivity index (χ0v) is 25.3. The second-order valence-corrected chi connectivity index (χ2v) is 12.8. The molecule has 0 spiro atoms. The number of carbonyl (C=O) groups excluding carboxylic acids is 1. The number of ether oxygens (including phenoxy) is 1. The van der Waals surface area contributed by atoms with E-state index >= 15 is 4.39 Å². The Balaban J connectivity index is 1.30. The van der Waals surface area contributed by atoms with Crippen LogP contribution in [-0.4, -0.2) is 84.1 Å². The van der Waals surface area contributed by atoms with E-state index in [1.165, 1.54) is 30.0 Å². The van der Waals surface area contributed by atoms with E-state index in [0.29, 0.717) is 66.4 Å². The summed E-state index contributed by atoms with van der Waals surface area (Å²) in [7, 11) is 2.11. The first-order valence-corrected chi connectivity index (χ1v) is 15.9. The van der Waals surface area contributed by atoms with Gasteiger partial charge in [0.15, 0.2) is 0 Å². The fraction of sp³-hybridized carbons (Fsp3) is 0.486. The van der Waals surface area contributed by atoms with Crippen molar-refractivity contribution in [3.63, 3.8) is 0 Å². The lowest BCUT2D eigenvalue weighted by Gasteiger charge is -2.39. The summed E-state index contributed by atoms with van der Waals surface area (Å²) < 4.78 is 22.5. The summed E-state index contributed by atoms with van der Waals surface area (Å²) in [5, 5.41) is 0.605. The Morgan fingerprint density at radius 1 is 1.14 bits per heavy atom. The summed E-state index contributed by atoms with van der Waals surface area (Å²) in [5.41, 5.74) is 4.84. The number of piperazine rings is 1. The molecule has 44 heavy (non-hydrogen) atoms. The second kappa shape index (κ2) is 11.8. The highest BCUT2D eigenvalue weighted by molar-refractivity contribution is 5.94. The molecule has 0 bridgehead atoms. The molecule has 1 amide bonds. The Morgan fingerprint density at radius 3 is 2.82 bits per heavy atom. The number of aromatic nitrogens is 2. The molecule has 0 N–H and O–H groups in total. The number of likely N-dealkylation sites (tertiary alicyclic amines) is 1. The largest absolute Gasteiger partial charge is 0.462 e. The summed E-state index contributed by atoms with van der Waals surface area (Å²) in [6, 6.07) is 10.00. The molecule has 2 aromatic carbocycles. The minimum Gasteiger partial charge on any atom is -0.462 e. The molecule has 3 heterocycles. The molecule has 4 atom stereocenters. The van der Waals surface area contributed by atoms with Gasteiger partial charge in [0.05, 0.1) is 5.52 Å². The van der Waals surface area contributed by atoms with Crippen molar-refractivity contribution >= 4 is 22.6 Å². The Bertz CT molecular complexity index is 1650. The third kappa shape index (κ3) is 5.09. The molecule has 2 saturated heterocycles. The minimum atomic E-state index is -0.330. The van der Waals surface area contributed by atoms with E-state index in [-0.39, 0.29) is 30.3 Å². The molecule has 1 saturated carbocycles. The number of nitrogens with zero attached hydrogens (tertiary/aromatic N) is 6. The molecule has 9 heteroatoms. The first kappa shape index (κ1) is 28.7. The number of fused-ring (bicyclic) bond motifs is 4. The van der Waals surface area contributed by atoms with Gasteiger partial charge in [0.25, 0.3) is 0 Å². The topological polar surface area (TPSA) is 66.2 Å². The number of halogens is 1. The standard InChI is InChI=1S/C35H39FN6O2/c1-4-32(43)42-15-14-41(20-25(42)19-37-2)34-29-17-30(36)28(27-12-6-9-23-16-22-8-5-11-26(22)33(23)27)18-31(29)38-35(39-34)44-21-24-10-7-13-40(24)3/h4,6,9,12,17-18,22,24-26H,1,5,7-8,10-11,13-16,19-21H2,3H3/t22?,24-,25-,26?/m0/s1. The smallest absolute Gasteiger partial charge is 0.319 e. The third-order valence-corrected chi connectivity index (χ3v) is 10.4. The maximum absolute atomic E-state index is 16.3. The van der Waals surface area contributed by atoms with Crippen molar-refractivity contribution in [2.45, 2.75) is 56.5 Å². The molecule has 2 aliphatic heterocycles. The van der Waals surface area contributed by atoms with Crippen LogP contribution in [0.2, 0.25) is 0 Å². The predicted molar refractivity (Wildman–Crippen MR) is 169 cm³/mol. The van der Waals surface area contributed by atoms with Gasteiger partial charge in [-0.3, -0.25) is 4.79 Å². The van der Waals surface area contributed by atoms with Crippen LogP contribution in [-0.2, 0) is 11.2 Å². The van der Waals surface area contributed by atoms with Gasteiger partial charge in [-0.25, -0.2) is 11.0 Å². The Hall–Kier alpha value is -4.03. The Labute approximate surface area is 258 Å². The molecular formula is C35H39FN6O2. The first-order valence-electron chi connectivity index (χ1n) is 15.9. The number of anilines is 1. The molecule has 2 aliphatic carbocycles. The molecule has 1 aromatic heterocycles. The highest BCUT2D eigenvalue weighted by Crippen LogP contribution is 2.52.